The zero-order chi connectivity index (χ0) is 63.7. The Morgan fingerprint density at radius 3 is 1.33 bits per heavy atom. The molecule has 0 amide bonds. The number of aromatic carboxylic acids is 1. The summed E-state index contributed by atoms with van der Waals surface area (Å²) in [5.41, 5.74) is 1.72. The fraction of sp³-hybridized carbons (Fsp3) is 0.240. The molecule has 0 fully saturated rings. The normalized spacial score (nSPS) is 11.9. The number of ketones is 2. The number of thiophene rings is 1. The molecule has 12 aromatic heterocycles. The average molecular weight is 1870 g/mol. The van der Waals surface area contributed by atoms with Crippen LogP contribution in [0.15, 0.2) is 108 Å². The van der Waals surface area contributed by atoms with Crippen LogP contribution in [0.2, 0.25) is 0 Å². The van der Waals surface area contributed by atoms with E-state index in [4.69, 9.17) is 5.11 Å². The van der Waals surface area contributed by atoms with Crippen molar-refractivity contribution in [3.8, 4) is 27.6 Å². The number of Topliss-reactive ketones (excluding diaryl/α,β-unsaturated/α-hetero) is 2. The zero-order valence-corrected chi connectivity index (χ0v) is 59.1. The number of fused-ring (bicyclic) bond motifs is 3. The van der Waals surface area contributed by atoms with Gasteiger partial charge in [-0.1, -0.05) is 59.5 Å². The maximum absolute atomic E-state index is 13.6. The Balaban J connectivity index is 0.000000185. The van der Waals surface area contributed by atoms with Gasteiger partial charge in [0.25, 0.3) is 19.3 Å². The van der Waals surface area contributed by atoms with Crippen LogP contribution in [-0.2, 0) is 4.92 Å². The average Bonchev–Trinajstić information content (AvgIpc) is 1.70. The van der Waals surface area contributed by atoms with Crippen LogP contribution in [0.25, 0.3) is 44.6 Å². The molecule has 0 saturated carbocycles. The quantitative estimate of drug-likeness (QED) is 0.0350. The maximum atomic E-state index is 13.6. The Morgan fingerprint density at radius 2 is 0.966 bits per heavy atom. The Kier molecular flexibility index (Phi) is 25.5. The van der Waals surface area contributed by atoms with Crippen LogP contribution in [0.1, 0.15) is 130 Å². The van der Waals surface area contributed by atoms with Crippen molar-refractivity contribution in [3.63, 3.8) is 0 Å². The molecule has 0 aromatic carbocycles. The number of pyridine rings is 3. The Hall–Kier alpha value is -5.68. The molecule has 12 aromatic rings. The van der Waals surface area contributed by atoms with E-state index in [1.807, 2.05) is 37.8 Å². The summed E-state index contributed by atoms with van der Waals surface area (Å²) >= 11 is 17.7. The van der Waals surface area contributed by atoms with E-state index in [-0.39, 0.29) is 88.3 Å². The number of hydrogen-bond acceptors (Lipinski definition) is 17. The van der Waals surface area contributed by atoms with Gasteiger partial charge in [-0.3, -0.25) is 33.0 Å². The number of aromatic nitrogens is 21. The molecule has 0 aliphatic heterocycles. The predicted octanol–water partition coefficient (Wildman–Crippen LogP) is 14.1. The third-order valence-electron chi connectivity index (χ3n) is 12.4. The molecule has 2 atom stereocenters. The van der Waals surface area contributed by atoms with Crippen LogP contribution in [0, 0.1) is 6.92 Å². The molecule has 0 saturated heterocycles. The van der Waals surface area contributed by atoms with Crippen LogP contribution in [0.4, 0.5) is 26.3 Å². The number of carboxylic acid groups (broad SMARTS) is 1. The molecule has 89 heavy (non-hydrogen) atoms. The van der Waals surface area contributed by atoms with Crippen LogP contribution in [0.5, 0.6) is 0 Å². The van der Waals surface area contributed by atoms with Crippen molar-refractivity contribution in [2.45, 2.75) is 72.2 Å². The van der Waals surface area contributed by atoms with Gasteiger partial charge in [-0.05, 0) is 74.0 Å². The number of hydrogen-bond donors (Lipinski definition) is 3. The molecule has 39 heteroatoms. The van der Waals surface area contributed by atoms with Crippen LogP contribution in [-0.4, -0.2) is 131 Å². The van der Waals surface area contributed by atoms with Gasteiger partial charge in [0, 0.05) is 59.3 Å². The van der Waals surface area contributed by atoms with Crippen molar-refractivity contribution in [1.82, 2.24) is 103 Å². The Morgan fingerprint density at radius 1 is 0.596 bits per heavy atom. The number of aryl methyl sites for hydroxylation is 1. The van der Waals surface area contributed by atoms with Gasteiger partial charge in [0.05, 0.1) is 53.3 Å². The minimum absolute atomic E-state index is 0. The van der Waals surface area contributed by atoms with Gasteiger partial charge in [-0.15, -0.1) is 26.6 Å². The Labute approximate surface area is 571 Å². The topological polar surface area (TPSA) is 299 Å². The molecule has 3 N–H and O–H groups in total. The number of nitrogens with zero attached hydrogens (tertiary/aromatic N) is 19. The van der Waals surface area contributed by atoms with Gasteiger partial charge in [-0.2, -0.15) is 10.2 Å². The number of carbonyl (C=O) groups is 3. The number of rotatable bonds is 16. The van der Waals surface area contributed by atoms with Crippen LogP contribution in [0.3, 0.4) is 0 Å². The van der Waals surface area contributed by atoms with E-state index in [0.717, 1.165) is 48.1 Å². The molecule has 0 aliphatic rings. The molecule has 0 bridgehead atoms. The van der Waals surface area contributed by atoms with Crippen molar-refractivity contribution in [3.05, 3.63) is 158 Å². The van der Waals surface area contributed by atoms with Gasteiger partial charge in [-0.25, -0.2) is 70.1 Å². The standard InChI is InChI=1S/C21H18F2N8OS.C16H13BrF2N8O.C11H6BrF2N5O2.CH3I.CH4.3HI.V/c1-11(20-25-10-27-28-20)5-17(32)13-6-14(31-16(19(22)23)8-26-29-31)21-24-7-15(30(21)9-13)18-4-3-12(2)33-18;1-8(15-21-7-23-24-15)2-12(28)9-3-10(16-20-5-13(17)26(16)6-9)27-11(14(18)19)4-22-25-27;12-8-3-15-10-6(1-5(11(20)21)4-18(8)10)19-7(9(13)14)2-16-17-19;1-2;;;;;/h3-4,6-11,19H,5H2,1-2H3,(H,25,27,28);3-8,14H,2H2,1H3,(H,21,23,24);1-4,9H,(H,20,21);1H3;1H4;3*1H;/q;;;;;;;;+3/p-3. The van der Waals surface area contributed by atoms with Crippen molar-refractivity contribution in [2.75, 3.05) is 4.93 Å². The van der Waals surface area contributed by atoms with E-state index in [9.17, 15) is 40.7 Å². The van der Waals surface area contributed by atoms with E-state index < -0.39 is 30.9 Å². The van der Waals surface area contributed by atoms with E-state index in [2.05, 4.69) is 191 Å². The number of carboxylic acids is 1. The first-order valence-corrected chi connectivity index (χ1v) is 42.8. The summed E-state index contributed by atoms with van der Waals surface area (Å²) in [4.78, 5) is 61.9. The Bertz CT molecular complexity index is 4350. The number of imidazole rings is 3. The summed E-state index contributed by atoms with van der Waals surface area (Å²) < 4.78 is 88.5. The van der Waals surface area contributed by atoms with E-state index in [1.165, 1.54) is 53.8 Å². The second-order valence-corrected chi connectivity index (χ2v) is 56.3. The predicted molar refractivity (Wildman–Crippen MR) is 352 cm³/mol. The molecule has 0 spiro atoms. The second-order valence-electron chi connectivity index (χ2n) is 18.0. The number of carbonyl (C=O) groups excluding carboxylic acids is 2. The molecule has 0 radical (unpaired) electrons. The van der Waals surface area contributed by atoms with Crippen molar-refractivity contribution >= 4 is 160 Å². The molecule has 0 aliphatic carbocycles. The summed E-state index contributed by atoms with van der Waals surface area (Å²) in [6.45, 7) is 5.70. The first kappa shape index (κ1) is 70.8. The van der Waals surface area contributed by atoms with Crippen molar-refractivity contribution in [1.29, 1.82) is 0 Å². The number of halogens is 12. The molecule has 25 nitrogen and oxygen atoms in total. The molecular formula is C50H44Br2F6I4N21O4SV. The van der Waals surface area contributed by atoms with Crippen LogP contribution < -0.4 is 0 Å². The molecule has 468 valence electrons. The van der Waals surface area contributed by atoms with E-state index in [0.29, 0.717) is 43.3 Å². The first-order valence-electron chi connectivity index (χ1n) is 24.7. The molecule has 12 heterocycles. The van der Waals surface area contributed by atoms with Gasteiger partial charge >= 0.3 is 70.8 Å². The third-order valence-corrected chi connectivity index (χ3v) is 14.6. The summed E-state index contributed by atoms with van der Waals surface area (Å²) in [5.74, 6) is -0.771. The number of alkyl halides is 7. The minimum atomic E-state index is -2.80. The van der Waals surface area contributed by atoms with Gasteiger partial charge in [0.2, 0.25) is 0 Å². The van der Waals surface area contributed by atoms with E-state index >= 15 is 0 Å². The summed E-state index contributed by atoms with van der Waals surface area (Å²) in [6.07, 6.45) is 6.85. The molecular weight excluding hydrogens is 1820 g/mol. The second kappa shape index (κ2) is 32.1. The SMILES string of the molecule is C.CC(CC(=O)c1cc(-n2nncc2C(F)F)c2ncc(Br)n2c1)c1ncn[nH]1.CI.Cc1ccc(-c2cnc3c(-n4nncc4C(F)F)cc(C(=O)CC(C)c4ncn[nH]4)cn23)s1.O=C(O)c1cc(-n2nncc2C(F)F)c2ncc(Br)n2c1.[I][V]([I])[I]. The fourth-order valence-corrected chi connectivity index (χ4v) is 10.0. The van der Waals surface area contributed by atoms with Crippen molar-refractivity contribution < 1.29 is 50.8 Å². The van der Waals surface area contributed by atoms with Crippen LogP contribution >= 0.6 is 126 Å². The van der Waals surface area contributed by atoms with E-state index in [1.54, 1.807) is 38.7 Å². The fourth-order valence-electron chi connectivity index (χ4n) is 8.42. The monoisotopic (exact) mass is 1860 g/mol. The number of aromatic amines is 2. The number of nitrogens with one attached hydrogen (secondary N) is 2. The summed E-state index contributed by atoms with van der Waals surface area (Å²) in [7, 11) is 0. The first-order chi connectivity index (χ1) is 42.1. The van der Waals surface area contributed by atoms with Crippen molar-refractivity contribution in [2.24, 2.45) is 0 Å². The van der Waals surface area contributed by atoms with Gasteiger partial charge < -0.3 is 5.11 Å². The molecule has 2 unspecified atom stereocenters. The molecule has 12 rings (SSSR count). The zero-order valence-electron chi connectivity index (χ0n) is 45.1. The summed E-state index contributed by atoms with van der Waals surface area (Å²) in [6, 6.07) is 8.19. The third kappa shape index (κ3) is 16.7. The van der Waals surface area contributed by atoms with Gasteiger partial charge in [0.1, 0.15) is 67.7 Å². The van der Waals surface area contributed by atoms with Gasteiger partial charge in [0.15, 0.2) is 28.5 Å². The number of H-pyrrole nitrogens is 2. The summed E-state index contributed by atoms with van der Waals surface area (Å²) in [5, 5.41) is 44.1.